The van der Waals surface area contributed by atoms with Crippen molar-refractivity contribution in [2.75, 3.05) is 39.4 Å². The third-order valence-corrected chi connectivity index (χ3v) is 12.6. The normalized spacial score (nSPS) is 21.2. The SMILES string of the molecule is COc1ccc(C(OC[C@H]2O[C@@H](n3cnc4c(/C=C/CO[C@@H]5C[C@H](C)CC[C@H]5C(C)C)nc(NC(=O)COc5ccccc5)nc43)C[C@@H]2O)(c2ccccc2)c2ccc(OC)cc2)cc1. The number of amides is 1. The van der Waals surface area contributed by atoms with Gasteiger partial charge in [-0.2, -0.15) is 4.98 Å². The molecule has 1 amide bonds. The quantitative estimate of drug-likeness (QED) is 0.0797. The maximum Gasteiger partial charge on any atom is 0.264 e. The molecule has 2 N–H and O–H groups in total. The molecule has 8 rings (SSSR count). The summed E-state index contributed by atoms with van der Waals surface area (Å²) >= 11 is 0. The van der Waals surface area contributed by atoms with Crippen LogP contribution < -0.4 is 19.5 Å². The highest BCUT2D eigenvalue weighted by Crippen LogP contribution is 2.43. The summed E-state index contributed by atoms with van der Waals surface area (Å²) in [5, 5.41) is 14.5. The summed E-state index contributed by atoms with van der Waals surface area (Å²) in [5.41, 5.74) is 2.93. The fourth-order valence-electron chi connectivity index (χ4n) is 9.11. The standard InChI is InChI=1S/C52H59N5O8/c1-34(2)42-27-18-35(3)29-45(42)62-28-12-17-43-49-50(56-51(54-43)55-47(59)32-63-41-15-10-7-11-16-41)57(33-53-49)48-30-44(58)46(65-48)31-64-52(36-13-8-6-9-14-36,37-19-23-39(60-4)24-20-37)38-21-25-40(61-5)26-22-38/h6-17,19-26,33-35,42,44-46,48,58H,18,27-32H2,1-5H3,(H,54,55,56,59)/b17-12+/t35-,42+,44+,45-,46-,48-/m1/s1. The van der Waals surface area contributed by atoms with Crippen molar-refractivity contribution in [2.45, 2.75) is 76.6 Å². The Morgan fingerprint density at radius 1 is 0.862 bits per heavy atom. The van der Waals surface area contributed by atoms with Gasteiger partial charge in [-0.05, 0) is 89.8 Å². The molecule has 2 aromatic heterocycles. The maximum absolute atomic E-state index is 13.2. The molecule has 2 fully saturated rings. The number of aliphatic hydroxyl groups excluding tert-OH is 1. The Morgan fingerprint density at radius 3 is 2.15 bits per heavy atom. The van der Waals surface area contributed by atoms with Crippen LogP contribution in [0.5, 0.6) is 17.2 Å². The first-order chi connectivity index (χ1) is 31.6. The van der Waals surface area contributed by atoms with Crippen LogP contribution in [0.1, 0.15) is 75.1 Å². The number of aliphatic hydroxyl groups is 1. The van der Waals surface area contributed by atoms with E-state index in [1.807, 2.05) is 109 Å². The van der Waals surface area contributed by atoms with Gasteiger partial charge in [-0.25, -0.2) is 9.97 Å². The van der Waals surface area contributed by atoms with E-state index in [9.17, 15) is 9.90 Å². The highest BCUT2D eigenvalue weighted by atomic mass is 16.6. The van der Waals surface area contributed by atoms with Crippen molar-refractivity contribution in [2.24, 2.45) is 17.8 Å². The van der Waals surface area contributed by atoms with Gasteiger partial charge in [-0.1, -0.05) is 106 Å². The van der Waals surface area contributed by atoms with Gasteiger partial charge in [0.2, 0.25) is 5.95 Å². The molecular weight excluding hydrogens is 823 g/mol. The Kier molecular flexibility index (Phi) is 14.5. The molecule has 13 heteroatoms. The number of imidazole rings is 1. The number of ether oxygens (including phenoxy) is 6. The molecule has 6 atom stereocenters. The number of hydrogen-bond donors (Lipinski definition) is 2. The average Bonchev–Trinajstić information content (AvgIpc) is 3.93. The molecule has 0 bridgehead atoms. The molecule has 4 aromatic carbocycles. The van der Waals surface area contributed by atoms with Gasteiger partial charge < -0.3 is 33.5 Å². The second kappa shape index (κ2) is 20.8. The van der Waals surface area contributed by atoms with Crippen LogP contribution in [0.15, 0.2) is 122 Å². The number of rotatable bonds is 18. The highest BCUT2D eigenvalue weighted by Gasteiger charge is 2.42. The lowest BCUT2D eigenvalue weighted by atomic mass is 9.75. The number of anilines is 1. The zero-order chi connectivity index (χ0) is 45.3. The molecule has 340 valence electrons. The van der Waals surface area contributed by atoms with Gasteiger partial charge in [0.25, 0.3) is 5.91 Å². The molecule has 6 aromatic rings. The molecule has 0 spiro atoms. The maximum atomic E-state index is 13.2. The molecule has 65 heavy (non-hydrogen) atoms. The number of para-hydroxylation sites is 1. The van der Waals surface area contributed by atoms with Gasteiger partial charge in [0, 0.05) is 6.42 Å². The lowest BCUT2D eigenvalue weighted by Crippen LogP contribution is -2.38. The van der Waals surface area contributed by atoms with Crippen LogP contribution in [-0.4, -0.2) is 82.9 Å². The second-order valence-electron chi connectivity index (χ2n) is 17.3. The number of hydrogen-bond acceptors (Lipinski definition) is 11. The largest absolute Gasteiger partial charge is 0.497 e. The van der Waals surface area contributed by atoms with E-state index >= 15 is 0 Å². The smallest absolute Gasteiger partial charge is 0.264 e. The zero-order valence-corrected chi connectivity index (χ0v) is 37.7. The Labute approximate surface area is 380 Å². The van der Waals surface area contributed by atoms with Crippen molar-refractivity contribution in [3.63, 3.8) is 0 Å². The first kappa shape index (κ1) is 45.4. The van der Waals surface area contributed by atoms with Crippen LogP contribution in [0.3, 0.4) is 0 Å². The zero-order valence-electron chi connectivity index (χ0n) is 37.7. The van der Waals surface area contributed by atoms with Crippen molar-refractivity contribution < 1.29 is 38.3 Å². The van der Waals surface area contributed by atoms with Gasteiger partial charge >= 0.3 is 0 Å². The first-order valence-corrected chi connectivity index (χ1v) is 22.5. The third kappa shape index (κ3) is 10.4. The molecule has 1 saturated carbocycles. The van der Waals surface area contributed by atoms with Crippen LogP contribution >= 0.6 is 0 Å². The fourth-order valence-corrected chi connectivity index (χ4v) is 9.11. The third-order valence-electron chi connectivity index (χ3n) is 12.6. The molecular formula is C52H59N5O8. The highest BCUT2D eigenvalue weighted by molar-refractivity contribution is 5.91. The molecule has 1 aliphatic heterocycles. The van der Waals surface area contributed by atoms with Gasteiger partial charge in [-0.15, -0.1) is 0 Å². The lowest BCUT2D eigenvalue weighted by Gasteiger charge is -2.37. The Hall–Kier alpha value is -6.12. The summed E-state index contributed by atoms with van der Waals surface area (Å²) in [7, 11) is 3.27. The van der Waals surface area contributed by atoms with Crippen molar-refractivity contribution in [1.29, 1.82) is 0 Å². The van der Waals surface area contributed by atoms with E-state index in [1.54, 1.807) is 37.2 Å². The Bertz CT molecular complexity index is 2450. The predicted molar refractivity (Wildman–Crippen MR) is 249 cm³/mol. The minimum Gasteiger partial charge on any atom is -0.497 e. The fraction of sp³-hybridized carbons (Fsp3) is 0.385. The summed E-state index contributed by atoms with van der Waals surface area (Å²) in [5.74, 6) is 3.31. The minimum atomic E-state index is -1.11. The van der Waals surface area contributed by atoms with Gasteiger partial charge in [0.1, 0.15) is 40.7 Å². The van der Waals surface area contributed by atoms with Crippen molar-refractivity contribution in [3.05, 3.63) is 144 Å². The summed E-state index contributed by atoms with van der Waals surface area (Å²) < 4.78 is 38.8. The average molecular weight is 882 g/mol. The van der Waals surface area contributed by atoms with Crippen molar-refractivity contribution in [3.8, 4) is 17.2 Å². The number of methoxy groups -OCH3 is 2. The van der Waals surface area contributed by atoms with E-state index in [4.69, 9.17) is 43.4 Å². The number of aromatic nitrogens is 4. The summed E-state index contributed by atoms with van der Waals surface area (Å²) in [6, 6.07) is 34.7. The number of benzene rings is 4. The molecule has 1 aliphatic carbocycles. The lowest BCUT2D eigenvalue weighted by molar-refractivity contribution is -0.118. The van der Waals surface area contributed by atoms with E-state index in [0.717, 1.165) is 23.1 Å². The predicted octanol–water partition coefficient (Wildman–Crippen LogP) is 9.01. The van der Waals surface area contributed by atoms with Crippen LogP contribution in [0.25, 0.3) is 17.2 Å². The second-order valence-corrected chi connectivity index (χ2v) is 17.3. The van der Waals surface area contributed by atoms with E-state index in [-0.39, 0.29) is 31.7 Å². The topological polar surface area (TPSA) is 148 Å². The van der Waals surface area contributed by atoms with Crippen molar-refractivity contribution in [1.82, 2.24) is 19.5 Å². The summed E-state index contributed by atoms with van der Waals surface area (Å²) in [6.45, 7) is 7.02. The van der Waals surface area contributed by atoms with Crippen LogP contribution in [0, 0.1) is 17.8 Å². The number of nitrogens with one attached hydrogen (secondary N) is 1. The van der Waals surface area contributed by atoms with Crippen LogP contribution in [-0.2, 0) is 24.6 Å². The summed E-state index contributed by atoms with van der Waals surface area (Å²) in [4.78, 5) is 27.5. The number of carbonyl (C=O) groups excluding carboxylic acids is 1. The van der Waals surface area contributed by atoms with E-state index in [0.29, 0.717) is 58.5 Å². The molecule has 0 unspecified atom stereocenters. The number of fused-ring (bicyclic) bond motifs is 1. The molecule has 3 heterocycles. The molecule has 1 saturated heterocycles. The van der Waals surface area contributed by atoms with Gasteiger partial charge in [-0.3, -0.25) is 14.7 Å². The minimum absolute atomic E-state index is 0.0282. The molecule has 13 nitrogen and oxygen atoms in total. The summed E-state index contributed by atoms with van der Waals surface area (Å²) in [6.07, 6.45) is 6.97. The monoisotopic (exact) mass is 881 g/mol. The number of carbonyl (C=O) groups is 1. The Morgan fingerprint density at radius 2 is 1.51 bits per heavy atom. The van der Waals surface area contributed by atoms with Gasteiger partial charge in [0.15, 0.2) is 12.3 Å². The first-order valence-electron chi connectivity index (χ1n) is 22.5. The van der Waals surface area contributed by atoms with E-state index < -0.39 is 29.9 Å². The van der Waals surface area contributed by atoms with Crippen LogP contribution in [0.2, 0.25) is 0 Å². The molecule has 2 aliphatic rings. The van der Waals surface area contributed by atoms with E-state index in [1.165, 1.54) is 12.8 Å². The van der Waals surface area contributed by atoms with Gasteiger partial charge in [0.05, 0.1) is 51.7 Å². The van der Waals surface area contributed by atoms with E-state index in [2.05, 4.69) is 26.1 Å². The number of nitrogens with zero attached hydrogens (tertiary/aromatic N) is 4. The van der Waals surface area contributed by atoms with Crippen LogP contribution in [0.4, 0.5) is 5.95 Å². The van der Waals surface area contributed by atoms with Crippen molar-refractivity contribution >= 4 is 29.1 Å². The molecule has 0 radical (unpaired) electrons. The Balaban J connectivity index is 1.07.